The molecule has 7 nitrogen and oxygen atoms in total. The van der Waals surface area contributed by atoms with Gasteiger partial charge in [0.2, 0.25) is 0 Å². The summed E-state index contributed by atoms with van der Waals surface area (Å²) in [4.78, 5) is 13.2. The molecule has 0 spiro atoms. The quantitative estimate of drug-likeness (QED) is 0.806. The normalized spacial score (nSPS) is 16.2. The third kappa shape index (κ3) is 3.81. The van der Waals surface area contributed by atoms with Crippen LogP contribution in [0.3, 0.4) is 0 Å². The van der Waals surface area contributed by atoms with E-state index in [0.29, 0.717) is 11.4 Å². The zero-order valence-electron chi connectivity index (χ0n) is 13.0. The highest BCUT2D eigenvalue weighted by molar-refractivity contribution is 5.86. The minimum Gasteiger partial charge on any atom is -0.488 e. The first-order valence-electron chi connectivity index (χ1n) is 7.60. The number of H-pyrrole nitrogens is 1. The first-order valence-corrected chi connectivity index (χ1v) is 7.60. The number of anilines is 1. The molecule has 122 valence electrons. The van der Waals surface area contributed by atoms with Crippen LogP contribution in [-0.4, -0.2) is 52.5 Å². The van der Waals surface area contributed by atoms with E-state index in [4.69, 9.17) is 9.84 Å². The Balaban J connectivity index is 1.84. The summed E-state index contributed by atoms with van der Waals surface area (Å²) >= 11 is 0. The molecule has 0 atom stereocenters. The molecule has 3 N–H and O–H groups in total. The number of likely N-dealkylation sites (tertiary alicyclic amines) is 1. The number of piperidine rings is 1. The number of ether oxygens (including phenoxy) is 1. The summed E-state index contributed by atoms with van der Waals surface area (Å²) in [5.41, 5.74) is 2.32. The number of amides is 1. The standard InChI is InChI=1S/C16H20N4O3/c1-20-6-4-13(5-7-20)23-15-8-11(12-9-17-18-10-12)2-3-14(15)19-16(21)22/h2-3,8-10,13,19H,4-7H2,1H3,(H,17,18)(H,21,22). The van der Waals surface area contributed by atoms with Crippen LogP contribution in [-0.2, 0) is 0 Å². The molecule has 1 saturated heterocycles. The van der Waals surface area contributed by atoms with Crippen molar-refractivity contribution in [2.45, 2.75) is 18.9 Å². The van der Waals surface area contributed by atoms with Crippen LogP contribution in [0.25, 0.3) is 11.1 Å². The number of nitrogens with one attached hydrogen (secondary N) is 2. The van der Waals surface area contributed by atoms with E-state index in [-0.39, 0.29) is 6.10 Å². The summed E-state index contributed by atoms with van der Waals surface area (Å²) in [6, 6.07) is 5.42. The second-order valence-electron chi connectivity index (χ2n) is 5.75. The molecule has 2 aromatic rings. The first-order chi connectivity index (χ1) is 11.1. The minimum atomic E-state index is -1.10. The molecular formula is C16H20N4O3. The maximum Gasteiger partial charge on any atom is 0.409 e. The van der Waals surface area contributed by atoms with Crippen LogP contribution in [0, 0.1) is 0 Å². The topological polar surface area (TPSA) is 90.5 Å². The van der Waals surface area contributed by atoms with E-state index < -0.39 is 6.09 Å². The second-order valence-corrected chi connectivity index (χ2v) is 5.75. The van der Waals surface area contributed by atoms with Crippen molar-refractivity contribution in [3.05, 3.63) is 30.6 Å². The Bertz CT molecular complexity index is 664. The Labute approximate surface area is 134 Å². The number of benzene rings is 1. The van der Waals surface area contributed by atoms with Gasteiger partial charge >= 0.3 is 6.09 Å². The van der Waals surface area contributed by atoms with Gasteiger partial charge in [0.15, 0.2) is 0 Å². The number of carbonyl (C=O) groups is 1. The van der Waals surface area contributed by atoms with E-state index >= 15 is 0 Å². The van der Waals surface area contributed by atoms with Gasteiger partial charge in [-0.2, -0.15) is 5.10 Å². The molecule has 1 aliphatic rings. The Kier molecular flexibility index (Phi) is 4.47. The van der Waals surface area contributed by atoms with Crippen LogP contribution >= 0.6 is 0 Å². The average molecular weight is 316 g/mol. The van der Waals surface area contributed by atoms with Crippen LogP contribution in [0.2, 0.25) is 0 Å². The second kappa shape index (κ2) is 6.70. The minimum absolute atomic E-state index is 0.0974. The number of aromatic amines is 1. The van der Waals surface area contributed by atoms with Crippen LogP contribution in [0.4, 0.5) is 10.5 Å². The molecule has 1 amide bonds. The lowest BCUT2D eigenvalue weighted by Crippen LogP contribution is -2.35. The summed E-state index contributed by atoms with van der Waals surface area (Å²) in [6.45, 7) is 1.96. The Morgan fingerprint density at radius 3 is 2.83 bits per heavy atom. The van der Waals surface area contributed by atoms with Gasteiger partial charge < -0.3 is 14.7 Å². The largest absolute Gasteiger partial charge is 0.488 e. The summed E-state index contributed by atoms with van der Waals surface area (Å²) in [6.07, 6.45) is 4.37. The lowest BCUT2D eigenvalue weighted by Gasteiger charge is -2.30. The molecule has 7 heteroatoms. The number of carboxylic acid groups (broad SMARTS) is 1. The molecule has 0 bridgehead atoms. The smallest absolute Gasteiger partial charge is 0.409 e. The first kappa shape index (κ1) is 15.4. The van der Waals surface area contributed by atoms with Crippen molar-refractivity contribution in [1.82, 2.24) is 15.1 Å². The van der Waals surface area contributed by atoms with Crippen molar-refractivity contribution in [3.63, 3.8) is 0 Å². The van der Waals surface area contributed by atoms with Gasteiger partial charge in [-0.3, -0.25) is 10.4 Å². The van der Waals surface area contributed by atoms with Crippen molar-refractivity contribution >= 4 is 11.8 Å². The number of hydrogen-bond donors (Lipinski definition) is 3. The van der Waals surface area contributed by atoms with Crippen molar-refractivity contribution in [2.24, 2.45) is 0 Å². The van der Waals surface area contributed by atoms with Gasteiger partial charge in [0, 0.05) is 24.8 Å². The van der Waals surface area contributed by atoms with E-state index in [1.54, 1.807) is 18.5 Å². The molecule has 1 aliphatic heterocycles. The number of nitrogens with zero attached hydrogens (tertiary/aromatic N) is 2. The lowest BCUT2D eigenvalue weighted by atomic mass is 10.1. The summed E-state index contributed by atoms with van der Waals surface area (Å²) in [5, 5.41) is 18.1. The SMILES string of the molecule is CN1CCC(Oc2cc(-c3cn[nH]c3)ccc2NC(=O)O)CC1. The zero-order chi connectivity index (χ0) is 16.2. The van der Waals surface area contributed by atoms with Crippen molar-refractivity contribution in [1.29, 1.82) is 0 Å². The molecular weight excluding hydrogens is 296 g/mol. The fourth-order valence-corrected chi connectivity index (χ4v) is 2.71. The maximum absolute atomic E-state index is 11.0. The van der Waals surface area contributed by atoms with E-state index in [0.717, 1.165) is 37.1 Å². The van der Waals surface area contributed by atoms with Crippen molar-refractivity contribution in [2.75, 3.05) is 25.5 Å². The molecule has 1 fully saturated rings. The summed E-state index contributed by atoms with van der Waals surface area (Å²) in [5.74, 6) is 0.556. The highest BCUT2D eigenvalue weighted by Crippen LogP contribution is 2.32. The van der Waals surface area contributed by atoms with Crippen LogP contribution in [0.5, 0.6) is 5.75 Å². The molecule has 23 heavy (non-hydrogen) atoms. The van der Waals surface area contributed by atoms with Gasteiger partial charge in [-0.05, 0) is 37.6 Å². The zero-order valence-corrected chi connectivity index (χ0v) is 13.0. The highest BCUT2D eigenvalue weighted by atomic mass is 16.5. The van der Waals surface area contributed by atoms with Crippen molar-refractivity contribution < 1.29 is 14.6 Å². The van der Waals surface area contributed by atoms with Gasteiger partial charge in [-0.1, -0.05) is 6.07 Å². The predicted molar refractivity (Wildman–Crippen MR) is 86.8 cm³/mol. The van der Waals surface area contributed by atoms with Crippen LogP contribution in [0.1, 0.15) is 12.8 Å². The Hall–Kier alpha value is -2.54. The molecule has 2 heterocycles. The number of aromatic nitrogens is 2. The van der Waals surface area contributed by atoms with Gasteiger partial charge in [0.25, 0.3) is 0 Å². The third-order valence-electron chi connectivity index (χ3n) is 4.01. The van der Waals surface area contributed by atoms with Gasteiger partial charge in [-0.25, -0.2) is 4.79 Å². The molecule has 1 aromatic carbocycles. The fourth-order valence-electron chi connectivity index (χ4n) is 2.71. The lowest BCUT2D eigenvalue weighted by molar-refractivity contribution is 0.115. The Morgan fingerprint density at radius 2 is 2.17 bits per heavy atom. The third-order valence-corrected chi connectivity index (χ3v) is 4.01. The number of hydrogen-bond acceptors (Lipinski definition) is 4. The van der Waals surface area contributed by atoms with Crippen LogP contribution < -0.4 is 10.1 Å². The Morgan fingerprint density at radius 1 is 1.39 bits per heavy atom. The van der Waals surface area contributed by atoms with E-state index in [1.165, 1.54) is 0 Å². The summed E-state index contributed by atoms with van der Waals surface area (Å²) in [7, 11) is 2.09. The van der Waals surface area contributed by atoms with Gasteiger partial charge in [0.05, 0.1) is 11.9 Å². The average Bonchev–Trinajstić information content (AvgIpc) is 3.05. The summed E-state index contributed by atoms with van der Waals surface area (Å²) < 4.78 is 6.09. The highest BCUT2D eigenvalue weighted by Gasteiger charge is 2.20. The molecule has 0 saturated carbocycles. The van der Waals surface area contributed by atoms with Crippen LogP contribution in [0.15, 0.2) is 30.6 Å². The molecule has 0 aliphatic carbocycles. The molecule has 3 rings (SSSR count). The van der Waals surface area contributed by atoms with Gasteiger partial charge in [-0.15, -0.1) is 0 Å². The van der Waals surface area contributed by atoms with Gasteiger partial charge in [0.1, 0.15) is 11.9 Å². The van der Waals surface area contributed by atoms with Crippen molar-refractivity contribution in [3.8, 4) is 16.9 Å². The monoisotopic (exact) mass is 316 g/mol. The molecule has 0 radical (unpaired) electrons. The fraction of sp³-hybridized carbons (Fsp3) is 0.375. The molecule has 0 unspecified atom stereocenters. The predicted octanol–water partition coefficient (Wildman–Crippen LogP) is 2.64. The molecule has 1 aromatic heterocycles. The number of rotatable bonds is 4. The maximum atomic E-state index is 11.0. The van der Waals surface area contributed by atoms with E-state index in [2.05, 4.69) is 27.5 Å². The van der Waals surface area contributed by atoms with E-state index in [1.807, 2.05) is 12.1 Å². The van der Waals surface area contributed by atoms with E-state index in [9.17, 15) is 4.79 Å².